The van der Waals surface area contributed by atoms with Gasteiger partial charge in [0.1, 0.15) is 5.82 Å². The molecular formula is C21H20ClFN4. The zero-order valence-electron chi connectivity index (χ0n) is 14.8. The van der Waals surface area contributed by atoms with Gasteiger partial charge in [0.15, 0.2) is 0 Å². The van der Waals surface area contributed by atoms with E-state index in [4.69, 9.17) is 11.6 Å². The van der Waals surface area contributed by atoms with E-state index in [1.54, 1.807) is 18.3 Å². The van der Waals surface area contributed by atoms with Crippen molar-refractivity contribution in [2.75, 3.05) is 18.4 Å². The maximum absolute atomic E-state index is 13.2. The fourth-order valence-electron chi connectivity index (χ4n) is 3.29. The summed E-state index contributed by atoms with van der Waals surface area (Å²) in [7, 11) is 0. The van der Waals surface area contributed by atoms with Crippen LogP contribution >= 0.6 is 11.6 Å². The lowest BCUT2D eigenvalue weighted by molar-refractivity contribution is 0.478. The SMILES string of the molecule is Fc1ccc(-c2cccc(-c3nc(N[C@H]4CCCNC4)ncc3Cl)c2)cc1. The van der Waals surface area contributed by atoms with Crippen LogP contribution in [0.25, 0.3) is 22.4 Å². The molecule has 4 nitrogen and oxygen atoms in total. The maximum Gasteiger partial charge on any atom is 0.223 e. The average molecular weight is 383 g/mol. The largest absolute Gasteiger partial charge is 0.350 e. The molecule has 0 bridgehead atoms. The highest BCUT2D eigenvalue weighted by atomic mass is 35.5. The number of hydrogen-bond donors (Lipinski definition) is 2. The number of piperidine rings is 1. The summed E-state index contributed by atoms with van der Waals surface area (Å²) in [4.78, 5) is 8.97. The number of nitrogens with one attached hydrogen (secondary N) is 2. The van der Waals surface area contributed by atoms with Gasteiger partial charge in [-0.1, -0.05) is 41.9 Å². The number of rotatable bonds is 4. The van der Waals surface area contributed by atoms with Gasteiger partial charge < -0.3 is 10.6 Å². The lowest BCUT2D eigenvalue weighted by atomic mass is 10.0. The van der Waals surface area contributed by atoms with Gasteiger partial charge in [0, 0.05) is 18.2 Å². The zero-order valence-corrected chi connectivity index (χ0v) is 15.5. The molecule has 1 aliphatic heterocycles. The monoisotopic (exact) mass is 382 g/mol. The van der Waals surface area contributed by atoms with Crippen molar-refractivity contribution in [1.29, 1.82) is 0 Å². The van der Waals surface area contributed by atoms with E-state index >= 15 is 0 Å². The fraction of sp³-hybridized carbons (Fsp3) is 0.238. The number of anilines is 1. The topological polar surface area (TPSA) is 49.8 Å². The molecule has 1 saturated heterocycles. The molecule has 2 heterocycles. The van der Waals surface area contributed by atoms with E-state index in [2.05, 4.69) is 20.6 Å². The molecular weight excluding hydrogens is 363 g/mol. The summed E-state index contributed by atoms with van der Waals surface area (Å²) >= 11 is 6.38. The van der Waals surface area contributed by atoms with Gasteiger partial charge in [0.25, 0.3) is 0 Å². The van der Waals surface area contributed by atoms with Crippen molar-refractivity contribution in [2.45, 2.75) is 18.9 Å². The van der Waals surface area contributed by atoms with E-state index in [0.717, 1.165) is 42.6 Å². The van der Waals surface area contributed by atoms with E-state index in [1.807, 2.05) is 24.3 Å². The van der Waals surface area contributed by atoms with Crippen LogP contribution in [0.3, 0.4) is 0 Å². The van der Waals surface area contributed by atoms with Gasteiger partial charge in [-0.25, -0.2) is 14.4 Å². The highest BCUT2D eigenvalue weighted by molar-refractivity contribution is 6.32. The van der Waals surface area contributed by atoms with Crippen molar-refractivity contribution in [3.05, 3.63) is 65.6 Å². The van der Waals surface area contributed by atoms with Gasteiger partial charge in [0.2, 0.25) is 5.95 Å². The van der Waals surface area contributed by atoms with Crippen LogP contribution in [0.5, 0.6) is 0 Å². The third-order valence-corrected chi connectivity index (χ3v) is 4.96. The van der Waals surface area contributed by atoms with Crippen molar-refractivity contribution in [3.63, 3.8) is 0 Å². The second-order valence-corrected chi connectivity index (χ2v) is 7.07. The molecule has 0 spiro atoms. The predicted octanol–water partition coefficient (Wildman–Crippen LogP) is 4.77. The van der Waals surface area contributed by atoms with Crippen LogP contribution in [0.15, 0.2) is 54.7 Å². The second-order valence-electron chi connectivity index (χ2n) is 6.67. The van der Waals surface area contributed by atoms with E-state index in [-0.39, 0.29) is 5.82 Å². The molecule has 2 N–H and O–H groups in total. The zero-order chi connectivity index (χ0) is 18.6. The number of nitrogens with zero attached hydrogens (tertiary/aromatic N) is 2. The predicted molar refractivity (Wildman–Crippen MR) is 107 cm³/mol. The summed E-state index contributed by atoms with van der Waals surface area (Å²) in [6.45, 7) is 1.96. The molecule has 0 amide bonds. The molecule has 0 saturated carbocycles. The van der Waals surface area contributed by atoms with Gasteiger partial charge in [-0.15, -0.1) is 0 Å². The molecule has 0 radical (unpaired) electrons. The van der Waals surface area contributed by atoms with Gasteiger partial charge in [-0.3, -0.25) is 0 Å². The van der Waals surface area contributed by atoms with Crippen LogP contribution in [0, 0.1) is 5.82 Å². The molecule has 138 valence electrons. The molecule has 1 aromatic heterocycles. The highest BCUT2D eigenvalue weighted by Gasteiger charge is 2.15. The van der Waals surface area contributed by atoms with E-state index in [1.165, 1.54) is 12.1 Å². The Labute approximate surface area is 162 Å². The van der Waals surface area contributed by atoms with E-state index in [9.17, 15) is 4.39 Å². The summed E-state index contributed by atoms with van der Waals surface area (Å²) in [5.41, 5.74) is 3.50. The minimum atomic E-state index is -0.248. The Morgan fingerprint density at radius 2 is 1.89 bits per heavy atom. The lowest BCUT2D eigenvalue weighted by Crippen LogP contribution is -2.38. The van der Waals surface area contributed by atoms with E-state index in [0.29, 0.717) is 22.7 Å². The Kier molecular flexibility index (Phi) is 5.32. The standard InChI is InChI=1S/C21H20ClFN4/c22-19-13-25-21(26-18-5-2-10-24-12-18)27-20(19)16-4-1-3-15(11-16)14-6-8-17(23)9-7-14/h1,3-4,6-9,11,13,18,24H,2,5,10,12H2,(H,25,26,27)/t18-/m0/s1. The molecule has 0 unspecified atom stereocenters. The first kappa shape index (κ1) is 17.9. The molecule has 4 rings (SSSR count). The summed E-state index contributed by atoms with van der Waals surface area (Å²) in [6.07, 6.45) is 3.86. The number of halogens is 2. The van der Waals surface area contributed by atoms with E-state index < -0.39 is 0 Å². The van der Waals surface area contributed by atoms with Crippen LogP contribution in [0.4, 0.5) is 10.3 Å². The van der Waals surface area contributed by atoms with Crippen molar-refractivity contribution >= 4 is 17.5 Å². The van der Waals surface area contributed by atoms with Gasteiger partial charge in [0.05, 0.1) is 16.9 Å². The smallest absolute Gasteiger partial charge is 0.223 e. The summed E-state index contributed by atoms with van der Waals surface area (Å²) in [6, 6.07) is 14.7. The van der Waals surface area contributed by atoms with Crippen molar-refractivity contribution in [3.8, 4) is 22.4 Å². The van der Waals surface area contributed by atoms with Crippen LogP contribution in [0.2, 0.25) is 5.02 Å². The number of aromatic nitrogens is 2. The van der Waals surface area contributed by atoms with Crippen LogP contribution in [-0.4, -0.2) is 29.1 Å². The van der Waals surface area contributed by atoms with Crippen LogP contribution in [0.1, 0.15) is 12.8 Å². The molecule has 1 atom stereocenters. The van der Waals surface area contributed by atoms with Crippen molar-refractivity contribution in [1.82, 2.24) is 15.3 Å². The molecule has 2 aromatic carbocycles. The first-order valence-corrected chi connectivity index (χ1v) is 9.43. The Morgan fingerprint density at radius 1 is 1.07 bits per heavy atom. The first-order valence-electron chi connectivity index (χ1n) is 9.05. The molecule has 3 aromatic rings. The van der Waals surface area contributed by atoms with Gasteiger partial charge in [-0.2, -0.15) is 0 Å². The van der Waals surface area contributed by atoms with Gasteiger partial charge >= 0.3 is 0 Å². The minimum Gasteiger partial charge on any atom is -0.350 e. The summed E-state index contributed by atoms with van der Waals surface area (Å²) < 4.78 is 13.2. The molecule has 1 fully saturated rings. The summed E-state index contributed by atoms with van der Waals surface area (Å²) in [5.74, 6) is 0.331. The molecule has 1 aliphatic rings. The minimum absolute atomic E-state index is 0.248. The molecule has 6 heteroatoms. The second kappa shape index (κ2) is 8.03. The molecule has 0 aliphatic carbocycles. The fourth-order valence-corrected chi connectivity index (χ4v) is 3.49. The number of hydrogen-bond acceptors (Lipinski definition) is 4. The summed E-state index contributed by atoms with van der Waals surface area (Å²) in [5, 5.41) is 7.26. The average Bonchev–Trinajstić information content (AvgIpc) is 2.71. The Morgan fingerprint density at radius 3 is 2.67 bits per heavy atom. The first-order chi connectivity index (χ1) is 13.2. The highest BCUT2D eigenvalue weighted by Crippen LogP contribution is 2.30. The molecule has 27 heavy (non-hydrogen) atoms. The van der Waals surface area contributed by atoms with Gasteiger partial charge in [-0.05, 0) is 48.7 Å². The third-order valence-electron chi connectivity index (χ3n) is 4.69. The van der Waals surface area contributed by atoms with Crippen molar-refractivity contribution < 1.29 is 4.39 Å². The normalized spacial score (nSPS) is 16.9. The third kappa shape index (κ3) is 4.26. The van der Waals surface area contributed by atoms with Crippen LogP contribution in [-0.2, 0) is 0 Å². The number of benzene rings is 2. The quantitative estimate of drug-likeness (QED) is 0.682. The Hall–Kier alpha value is -2.50. The van der Waals surface area contributed by atoms with Crippen LogP contribution < -0.4 is 10.6 Å². The lowest BCUT2D eigenvalue weighted by Gasteiger charge is -2.23. The van der Waals surface area contributed by atoms with Crippen molar-refractivity contribution in [2.24, 2.45) is 0 Å². The Bertz CT molecular complexity index is 924. The Balaban J connectivity index is 1.63. The maximum atomic E-state index is 13.2.